The molecule has 0 N–H and O–H groups in total. The minimum atomic E-state index is -0.601. The quantitative estimate of drug-likeness (QED) is 0.781. The third-order valence-corrected chi connectivity index (χ3v) is 3.09. The van der Waals surface area contributed by atoms with Gasteiger partial charge < -0.3 is 4.74 Å². The fourth-order valence-electron chi connectivity index (χ4n) is 2.11. The molecule has 1 heterocycles. The zero-order valence-corrected chi connectivity index (χ0v) is 10.8. The van der Waals surface area contributed by atoms with E-state index in [0.717, 1.165) is 0 Å². The third kappa shape index (κ3) is 2.60. The van der Waals surface area contributed by atoms with E-state index < -0.39 is 17.6 Å². The first-order valence-electron chi connectivity index (χ1n) is 6.30. The second kappa shape index (κ2) is 5.32. The van der Waals surface area contributed by atoms with E-state index >= 15 is 0 Å². The molecule has 0 bridgehead atoms. The van der Waals surface area contributed by atoms with Crippen molar-refractivity contribution in [2.75, 3.05) is 0 Å². The lowest BCUT2D eigenvalue weighted by molar-refractivity contribution is -0.132. The molecule has 0 fully saturated rings. The maximum absolute atomic E-state index is 13.9. The number of rotatable bonds is 2. The van der Waals surface area contributed by atoms with Gasteiger partial charge in [0, 0.05) is 22.8 Å². The Kier molecular flexibility index (Phi) is 3.36. The molecule has 0 radical (unpaired) electrons. The van der Waals surface area contributed by atoms with E-state index in [2.05, 4.69) is 0 Å². The first kappa shape index (κ1) is 13.2. The molecule has 2 aromatic carbocycles. The Hall–Kier alpha value is -2.75. The highest BCUT2D eigenvalue weighted by Crippen LogP contribution is 2.32. The zero-order valence-electron chi connectivity index (χ0n) is 10.8. The van der Waals surface area contributed by atoms with Gasteiger partial charge in [0.2, 0.25) is 0 Å². The Balaban J connectivity index is 2.08. The Labute approximate surface area is 120 Å². The molecule has 21 heavy (non-hydrogen) atoms. The van der Waals surface area contributed by atoms with E-state index in [-0.39, 0.29) is 16.9 Å². The molecule has 4 heteroatoms. The van der Waals surface area contributed by atoms with Crippen molar-refractivity contribution in [2.24, 2.45) is 0 Å². The second-order valence-electron chi connectivity index (χ2n) is 4.49. The molecule has 0 aromatic heterocycles. The summed E-state index contributed by atoms with van der Waals surface area (Å²) in [4.78, 5) is 11.5. The lowest BCUT2D eigenvalue weighted by Crippen LogP contribution is -1.94. The maximum Gasteiger partial charge on any atom is 0.336 e. The van der Waals surface area contributed by atoms with Crippen LogP contribution in [0, 0.1) is 11.6 Å². The van der Waals surface area contributed by atoms with E-state index in [4.69, 9.17) is 4.74 Å². The van der Waals surface area contributed by atoms with E-state index in [1.165, 1.54) is 30.4 Å². The smallest absolute Gasteiger partial charge is 0.336 e. The van der Waals surface area contributed by atoms with Gasteiger partial charge in [-0.05, 0) is 18.2 Å². The summed E-state index contributed by atoms with van der Waals surface area (Å²) < 4.78 is 32.6. The van der Waals surface area contributed by atoms with Gasteiger partial charge in [-0.15, -0.1) is 0 Å². The van der Waals surface area contributed by atoms with Crippen molar-refractivity contribution in [1.82, 2.24) is 0 Å². The van der Waals surface area contributed by atoms with Gasteiger partial charge >= 0.3 is 5.97 Å². The first-order valence-corrected chi connectivity index (χ1v) is 6.30. The van der Waals surface area contributed by atoms with Crippen LogP contribution in [-0.2, 0) is 9.53 Å². The molecule has 3 rings (SSSR count). The Morgan fingerprint density at radius 1 is 0.905 bits per heavy atom. The molecular weight excluding hydrogens is 274 g/mol. The summed E-state index contributed by atoms with van der Waals surface area (Å²) in [7, 11) is 0. The number of halogens is 2. The highest BCUT2D eigenvalue weighted by atomic mass is 19.1. The van der Waals surface area contributed by atoms with E-state index in [0.29, 0.717) is 5.57 Å². The van der Waals surface area contributed by atoms with Crippen LogP contribution in [-0.4, -0.2) is 5.97 Å². The summed E-state index contributed by atoms with van der Waals surface area (Å²) >= 11 is 0. The standard InChI is InChI=1S/C17H10F2O2/c18-14-7-3-1-5-11(14)9-16-13(10-17(20)21-16)12-6-2-4-8-15(12)19/h1-10H/b16-9-. The van der Waals surface area contributed by atoms with Gasteiger partial charge in [0.05, 0.1) is 0 Å². The number of allylic oxidation sites excluding steroid dienone is 1. The number of benzene rings is 2. The number of carbonyl (C=O) groups is 1. The number of ether oxygens (including phenoxy) is 1. The molecule has 2 aromatic rings. The topological polar surface area (TPSA) is 26.3 Å². The van der Waals surface area contributed by atoms with Crippen LogP contribution in [0.25, 0.3) is 11.6 Å². The molecule has 0 spiro atoms. The molecule has 2 nitrogen and oxygen atoms in total. The molecule has 0 atom stereocenters. The van der Waals surface area contributed by atoms with Crippen molar-refractivity contribution < 1.29 is 18.3 Å². The van der Waals surface area contributed by atoms with Gasteiger partial charge in [0.15, 0.2) is 0 Å². The van der Waals surface area contributed by atoms with Gasteiger partial charge in [0.25, 0.3) is 0 Å². The van der Waals surface area contributed by atoms with Crippen molar-refractivity contribution in [3.05, 3.63) is 83.1 Å². The van der Waals surface area contributed by atoms with Crippen molar-refractivity contribution in [2.45, 2.75) is 0 Å². The van der Waals surface area contributed by atoms with Gasteiger partial charge in [-0.2, -0.15) is 0 Å². The van der Waals surface area contributed by atoms with Crippen LogP contribution in [0.2, 0.25) is 0 Å². The molecule has 0 unspecified atom stereocenters. The fourth-order valence-corrected chi connectivity index (χ4v) is 2.11. The van der Waals surface area contributed by atoms with Crippen molar-refractivity contribution in [1.29, 1.82) is 0 Å². The highest BCUT2D eigenvalue weighted by molar-refractivity contribution is 6.03. The summed E-state index contributed by atoms with van der Waals surface area (Å²) in [6.07, 6.45) is 2.59. The number of carbonyl (C=O) groups excluding carboxylic acids is 1. The van der Waals surface area contributed by atoms with Crippen molar-refractivity contribution in [3.63, 3.8) is 0 Å². The molecular formula is C17H10F2O2. The Morgan fingerprint density at radius 2 is 1.57 bits per heavy atom. The van der Waals surface area contributed by atoms with Gasteiger partial charge in [-0.1, -0.05) is 36.4 Å². The number of hydrogen-bond donors (Lipinski definition) is 0. The lowest BCUT2D eigenvalue weighted by Gasteiger charge is -2.06. The molecule has 1 aliphatic heterocycles. The summed E-state index contributed by atoms with van der Waals surface area (Å²) in [5.41, 5.74) is 0.816. The van der Waals surface area contributed by atoms with Crippen LogP contribution in [0.15, 0.2) is 60.4 Å². The monoisotopic (exact) mass is 284 g/mol. The minimum absolute atomic E-state index is 0.134. The Bertz CT molecular complexity index is 776. The van der Waals surface area contributed by atoms with Gasteiger partial charge in [0.1, 0.15) is 17.4 Å². The molecule has 0 amide bonds. The van der Waals surface area contributed by atoms with E-state index in [9.17, 15) is 13.6 Å². The largest absolute Gasteiger partial charge is 0.423 e. The number of cyclic esters (lactones) is 1. The van der Waals surface area contributed by atoms with E-state index in [1.807, 2.05) is 0 Å². The van der Waals surface area contributed by atoms with Crippen LogP contribution in [0.4, 0.5) is 8.78 Å². The van der Waals surface area contributed by atoms with Crippen LogP contribution in [0.3, 0.4) is 0 Å². The molecule has 1 aliphatic rings. The average Bonchev–Trinajstić information content (AvgIpc) is 2.82. The maximum atomic E-state index is 13.9. The lowest BCUT2D eigenvalue weighted by atomic mass is 10.0. The van der Waals surface area contributed by atoms with Crippen molar-refractivity contribution >= 4 is 17.6 Å². The molecule has 104 valence electrons. The van der Waals surface area contributed by atoms with Gasteiger partial charge in [-0.3, -0.25) is 0 Å². The van der Waals surface area contributed by atoms with Crippen LogP contribution in [0.1, 0.15) is 11.1 Å². The average molecular weight is 284 g/mol. The van der Waals surface area contributed by atoms with Crippen molar-refractivity contribution in [3.8, 4) is 0 Å². The summed E-state index contributed by atoms with van der Waals surface area (Å²) in [5.74, 6) is -1.38. The van der Waals surface area contributed by atoms with Crippen LogP contribution >= 0.6 is 0 Å². The highest BCUT2D eigenvalue weighted by Gasteiger charge is 2.23. The minimum Gasteiger partial charge on any atom is -0.423 e. The Morgan fingerprint density at radius 3 is 2.29 bits per heavy atom. The number of esters is 1. The zero-order chi connectivity index (χ0) is 14.8. The third-order valence-electron chi connectivity index (χ3n) is 3.09. The summed E-state index contributed by atoms with van der Waals surface area (Å²) in [6.45, 7) is 0. The fraction of sp³-hybridized carbons (Fsp3) is 0. The molecule has 0 saturated carbocycles. The normalized spacial score (nSPS) is 16.0. The molecule has 0 saturated heterocycles. The van der Waals surface area contributed by atoms with Crippen LogP contribution in [0.5, 0.6) is 0 Å². The summed E-state index contributed by atoms with van der Waals surface area (Å²) in [5, 5.41) is 0. The van der Waals surface area contributed by atoms with Gasteiger partial charge in [-0.25, -0.2) is 13.6 Å². The number of hydrogen-bond acceptors (Lipinski definition) is 2. The first-order chi connectivity index (χ1) is 10.1. The van der Waals surface area contributed by atoms with E-state index in [1.54, 1.807) is 30.3 Å². The molecule has 0 aliphatic carbocycles. The SMILES string of the molecule is O=C1C=C(c2ccccc2F)/C(=C/c2ccccc2F)O1. The predicted octanol–water partition coefficient (Wildman–Crippen LogP) is 3.95. The van der Waals surface area contributed by atoms with Crippen LogP contribution < -0.4 is 0 Å². The predicted molar refractivity (Wildman–Crippen MR) is 74.8 cm³/mol. The second-order valence-corrected chi connectivity index (χ2v) is 4.49. The summed E-state index contributed by atoms with van der Waals surface area (Å²) in [6, 6.07) is 12.1.